The van der Waals surface area contributed by atoms with Crippen LogP contribution >= 0.6 is 0 Å². The van der Waals surface area contributed by atoms with Gasteiger partial charge in [-0.3, -0.25) is 9.51 Å². The van der Waals surface area contributed by atoms with Crippen LogP contribution in [0, 0.1) is 5.82 Å². The summed E-state index contributed by atoms with van der Waals surface area (Å²) in [6.07, 6.45) is 2.12. The van der Waals surface area contributed by atoms with Gasteiger partial charge in [-0.25, -0.2) is 14.2 Å². The lowest BCUT2D eigenvalue weighted by Gasteiger charge is -2.14. The molecule has 0 aliphatic carbocycles. The van der Waals surface area contributed by atoms with Gasteiger partial charge in [-0.05, 0) is 53.5 Å². The molecule has 0 amide bonds. The van der Waals surface area contributed by atoms with E-state index in [1.54, 1.807) is 29.7 Å². The van der Waals surface area contributed by atoms with Gasteiger partial charge in [0.2, 0.25) is 0 Å². The smallest absolute Gasteiger partial charge is 0.439 e. The molecule has 1 N–H and O–H groups in total. The van der Waals surface area contributed by atoms with E-state index in [0.717, 1.165) is 22.4 Å². The zero-order valence-corrected chi connectivity index (χ0v) is 21.9. The van der Waals surface area contributed by atoms with Crippen molar-refractivity contribution in [1.82, 2.24) is 19.5 Å². The number of imidazole rings is 1. The van der Waals surface area contributed by atoms with E-state index in [4.69, 9.17) is 14.0 Å². The van der Waals surface area contributed by atoms with Crippen LogP contribution in [0.2, 0.25) is 0 Å². The van der Waals surface area contributed by atoms with Crippen LogP contribution in [-0.4, -0.2) is 33.2 Å². The van der Waals surface area contributed by atoms with Crippen molar-refractivity contribution in [3.05, 3.63) is 111 Å². The second-order valence-electron chi connectivity index (χ2n) is 9.42. The number of fused-ring (bicyclic) bond motifs is 3. The van der Waals surface area contributed by atoms with E-state index in [1.807, 2.05) is 18.2 Å². The van der Waals surface area contributed by atoms with Gasteiger partial charge < -0.3 is 18.6 Å². The Kier molecular flexibility index (Phi) is 6.83. The largest absolute Gasteiger partial charge is 0.488 e. The molecule has 6 rings (SSSR count). The first-order chi connectivity index (χ1) is 19.8. The number of aromatic amines is 1. The number of nitrogens with one attached hydrogen (secondary N) is 1. The summed E-state index contributed by atoms with van der Waals surface area (Å²) in [4.78, 5) is 18.8. The number of methoxy groups -OCH3 is 1. The number of hydrogen-bond acceptors (Lipinski definition) is 7. The fourth-order valence-electron chi connectivity index (χ4n) is 5.12. The van der Waals surface area contributed by atoms with Gasteiger partial charge in [0, 0.05) is 36.9 Å². The Hall–Kier alpha value is -4.84. The Labute approximate surface area is 230 Å². The summed E-state index contributed by atoms with van der Waals surface area (Å²) in [5, 5.41) is 3.84. The van der Waals surface area contributed by atoms with Crippen LogP contribution in [0.3, 0.4) is 0 Å². The molecule has 5 aromatic rings. The molecule has 0 fully saturated rings. The maximum Gasteiger partial charge on any atom is 0.439 e. The summed E-state index contributed by atoms with van der Waals surface area (Å²) in [7, 11) is 1.53. The number of rotatable bonds is 7. The van der Waals surface area contributed by atoms with Crippen molar-refractivity contribution in [2.75, 3.05) is 7.11 Å². The summed E-state index contributed by atoms with van der Waals surface area (Å²) in [6.45, 7) is -0.887. The first-order valence-corrected chi connectivity index (χ1v) is 12.6. The summed E-state index contributed by atoms with van der Waals surface area (Å²) >= 11 is 0. The Balaban J connectivity index is 1.46. The maximum absolute atomic E-state index is 14.2. The Morgan fingerprint density at radius 2 is 2.00 bits per heavy atom. The van der Waals surface area contributed by atoms with Gasteiger partial charge in [-0.15, -0.1) is 0 Å². The van der Waals surface area contributed by atoms with E-state index in [9.17, 15) is 18.0 Å². The summed E-state index contributed by atoms with van der Waals surface area (Å²) < 4.78 is 62.7. The number of pyridine rings is 1. The lowest BCUT2D eigenvalue weighted by atomic mass is 9.89. The predicted octanol–water partition coefficient (Wildman–Crippen LogP) is 5.36. The molecule has 1 aliphatic rings. The normalized spacial score (nSPS) is 14.0. The Bertz CT molecular complexity index is 1860. The molecule has 41 heavy (non-hydrogen) atoms. The fraction of sp³-hybridized carbons (Fsp3) is 0.207. The Morgan fingerprint density at radius 3 is 2.76 bits per heavy atom. The first-order valence-electron chi connectivity index (χ1n) is 12.6. The molecule has 0 bridgehead atoms. The highest BCUT2D eigenvalue weighted by molar-refractivity contribution is 5.99. The van der Waals surface area contributed by atoms with Crippen LogP contribution in [-0.2, 0) is 24.4 Å². The number of H-pyrrole nitrogens is 1. The third-order valence-corrected chi connectivity index (χ3v) is 6.87. The second-order valence-corrected chi connectivity index (χ2v) is 9.42. The molecule has 0 saturated carbocycles. The first kappa shape index (κ1) is 26.4. The molecule has 0 unspecified atom stereocenters. The average Bonchev–Trinajstić information content (AvgIpc) is 3.48. The number of aromatic nitrogens is 4. The fourth-order valence-corrected chi connectivity index (χ4v) is 5.12. The van der Waals surface area contributed by atoms with E-state index in [0.29, 0.717) is 34.6 Å². The van der Waals surface area contributed by atoms with Gasteiger partial charge in [0.15, 0.2) is 17.2 Å². The second kappa shape index (κ2) is 10.6. The minimum atomic E-state index is -2.99. The van der Waals surface area contributed by atoms with Crippen molar-refractivity contribution in [1.29, 1.82) is 0 Å². The third kappa shape index (κ3) is 4.97. The van der Waals surface area contributed by atoms with Gasteiger partial charge in [0.1, 0.15) is 18.2 Å². The highest BCUT2D eigenvalue weighted by Crippen LogP contribution is 2.41. The lowest BCUT2D eigenvalue weighted by molar-refractivity contribution is -0.0491. The van der Waals surface area contributed by atoms with Crippen LogP contribution in [0.25, 0.3) is 16.8 Å². The van der Waals surface area contributed by atoms with E-state index >= 15 is 0 Å². The molecular formula is C29H23F3N4O5. The van der Waals surface area contributed by atoms with E-state index in [2.05, 4.69) is 19.9 Å². The van der Waals surface area contributed by atoms with E-state index < -0.39 is 18.2 Å². The van der Waals surface area contributed by atoms with Gasteiger partial charge in [0.05, 0.1) is 18.0 Å². The van der Waals surface area contributed by atoms with Crippen molar-refractivity contribution < 1.29 is 31.9 Å². The minimum absolute atomic E-state index is 0.0393. The van der Waals surface area contributed by atoms with Crippen LogP contribution in [0.15, 0.2) is 64.0 Å². The van der Waals surface area contributed by atoms with Crippen LogP contribution in [0.4, 0.5) is 13.2 Å². The highest BCUT2D eigenvalue weighted by Gasteiger charge is 2.25. The van der Waals surface area contributed by atoms with Crippen molar-refractivity contribution in [2.24, 2.45) is 0 Å². The molecule has 4 heterocycles. The molecule has 3 aromatic heterocycles. The molecule has 0 saturated heterocycles. The molecule has 0 atom stereocenters. The minimum Gasteiger partial charge on any atom is -0.488 e. The van der Waals surface area contributed by atoms with E-state index in [1.165, 1.54) is 25.3 Å². The van der Waals surface area contributed by atoms with Crippen LogP contribution in [0.1, 0.15) is 46.4 Å². The summed E-state index contributed by atoms with van der Waals surface area (Å²) in [5.41, 5.74) is 6.03. The predicted molar refractivity (Wildman–Crippen MR) is 141 cm³/mol. The number of benzene rings is 2. The molecule has 12 heteroatoms. The van der Waals surface area contributed by atoms with Gasteiger partial charge in [-0.1, -0.05) is 23.4 Å². The third-order valence-electron chi connectivity index (χ3n) is 6.87. The molecule has 0 spiro atoms. The zero-order chi connectivity index (χ0) is 28.7. The monoisotopic (exact) mass is 564 g/mol. The molecule has 0 radical (unpaired) electrons. The molecule has 2 aromatic carbocycles. The molecule has 210 valence electrons. The number of hydrogen-bond donors (Lipinski definition) is 1. The molecule has 1 aliphatic heterocycles. The van der Waals surface area contributed by atoms with Gasteiger partial charge >= 0.3 is 12.4 Å². The standard InChI is InChI=1S/C29H23F3N4O5/c1-15(26-34-29(37)41-35-26)25-19-7-5-16(10-17(19)13-39-24-12-18(30)6-8-20(24)25)11-22-21(14-38-2)33-27-23(40-28(31)32)4-3-9-36(22)27/h3-10,12,28H,11,13-14H2,1-2H3,(H,34,35,37)/b25-15+. The average molecular weight is 565 g/mol. The molecule has 9 nitrogen and oxygen atoms in total. The zero-order valence-electron chi connectivity index (χ0n) is 21.9. The Morgan fingerprint density at radius 1 is 1.17 bits per heavy atom. The summed E-state index contributed by atoms with van der Waals surface area (Å²) in [5.74, 6) is -0.590. The SMILES string of the molecule is COCc1nc2c(OC(F)F)cccn2c1Cc1ccc2c(c1)COc1cc(F)ccc1/C2=C(\C)c1noc(=O)[nH]1. The van der Waals surface area contributed by atoms with Crippen molar-refractivity contribution in [2.45, 2.75) is 33.2 Å². The number of alkyl halides is 2. The number of ether oxygens (including phenoxy) is 3. The van der Waals surface area contributed by atoms with Crippen molar-refractivity contribution >= 4 is 16.8 Å². The maximum atomic E-state index is 14.2. The van der Waals surface area contributed by atoms with Crippen molar-refractivity contribution in [3.8, 4) is 11.5 Å². The quantitative estimate of drug-likeness (QED) is 0.284. The lowest BCUT2D eigenvalue weighted by Crippen LogP contribution is -2.05. The number of nitrogens with zero attached hydrogens (tertiary/aromatic N) is 3. The number of halogens is 3. The van der Waals surface area contributed by atoms with Gasteiger partial charge in [0.25, 0.3) is 0 Å². The number of allylic oxidation sites excluding steroid dienone is 1. The van der Waals surface area contributed by atoms with Crippen molar-refractivity contribution in [3.63, 3.8) is 0 Å². The topological polar surface area (TPSA) is 104 Å². The van der Waals surface area contributed by atoms with Crippen LogP contribution in [0.5, 0.6) is 11.5 Å². The summed E-state index contributed by atoms with van der Waals surface area (Å²) in [6, 6.07) is 13.2. The van der Waals surface area contributed by atoms with Crippen LogP contribution < -0.4 is 15.2 Å². The van der Waals surface area contributed by atoms with Gasteiger partial charge in [-0.2, -0.15) is 8.78 Å². The van der Waals surface area contributed by atoms with E-state index in [-0.39, 0.29) is 30.4 Å². The highest BCUT2D eigenvalue weighted by atomic mass is 19.3. The molecular weight excluding hydrogens is 541 g/mol.